The van der Waals surface area contributed by atoms with Crippen LogP contribution in [0.25, 0.3) is 0 Å². The van der Waals surface area contributed by atoms with Crippen LogP contribution in [0.1, 0.15) is 17.9 Å². The molecule has 0 aliphatic carbocycles. The van der Waals surface area contributed by atoms with Crippen molar-refractivity contribution in [1.82, 2.24) is 0 Å². The molecule has 0 saturated heterocycles. The zero-order chi connectivity index (χ0) is 8.81. The minimum atomic E-state index is -0.267. The van der Waals surface area contributed by atoms with Gasteiger partial charge in [0.1, 0.15) is 6.29 Å². The van der Waals surface area contributed by atoms with Crippen LogP contribution in [0.5, 0.6) is 0 Å². The van der Waals surface area contributed by atoms with E-state index >= 15 is 0 Å². The monoisotopic (exact) mass is 159 g/mol. The van der Waals surface area contributed by atoms with Gasteiger partial charge in [0.2, 0.25) is 0 Å². The number of nitrogens with zero attached hydrogens (tertiary/aromatic N) is 1. The van der Waals surface area contributed by atoms with Crippen LogP contribution in [0.3, 0.4) is 0 Å². The predicted molar refractivity (Wildman–Crippen MR) is 45.5 cm³/mol. The Balaban J connectivity index is 2.81. The number of aldehydes is 1. The van der Waals surface area contributed by atoms with Gasteiger partial charge in [-0.25, -0.2) is 0 Å². The summed E-state index contributed by atoms with van der Waals surface area (Å²) in [6.07, 6.45) is 1.08. The molecule has 0 aliphatic rings. The van der Waals surface area contributed by atoms with Crippen molar-refractivity contribution in [1.29, 1.82) is 5.26 Å². The molecular weight excluding hydrogens is 150 g/mol. The Kier molecular flexibility index (Phi) is 3.04. The molecule has 1 rings (SSSR count). The Morgan fingerprint density at radius 2 is 2.08 bits per heavy atom. The third kappa shape index (κ3) is 1.93. The van der Waals surface area contributed by atoms with Gasteiger partial charge in [-0.1, -0.05) is 30.3 Å². The van der Waals surface area contributed by atoms with E-state index in [2.05, 4.69) is 0 Å². The molecule has 0 fully saturated rings. The molecule has 12 heavy (non-hydrogen) atoms. The van der Waals surface area contributed by atoms with E-state index in [9.17, 15) is 4.79 Å². The summed E-state index contributed by atoms with van der Waals surface area (Å²) in [5.74, 6) is -0.267. The number of rotatable bonds is 3. The SMILES string of the molecule is N#CCC(C=O)c1ccccc1. The molecule has 0 bridgehead atoms. The molecule has 1 aromatic rings. The van der Waals surface area contributed by atoms with Crippen molar-refractivity contribution in [3.05, 3.63) is 35.9 Å². The zero-order valence-electron chi connectivity index (χ0n) is 6.60. The molecule has 60 valence electrons. The van der Waals surface area contributed by atoms with Gasteiger partial charge in [-0.3, -0.25) is 0 Å². The fourth-order valence-electron chi connectivity index (χ4n) is 1.04. The molecule has 1 atom stereocenters. The molecule has 0 saturated carbocycles. The standard InChI is InChI=1S/C10H9NO/c11-7-6-10(8-12)9-4-2-1-3-5-9/h1-5,8,10H,6H2. The molecule has 0 N–H and O–H groups in total. The van der Waals surface area contributed by atoms with Gasteiger partial charge in [0.05, 0.1) is 12.0 Å². The van der Waals surface area contributed by atoms with E-state index in [0.29, 0.717) is 0 Å². The van der Waals surface area contributed by atoms with Crippen molar-refractivity contribution in [3.63, 3.8) is 0 Å². The van der Waals surface area contributed by atoms with Gasteiger partial charge in [-0.05, 0) is 5.56 Å². The van der Waals surface area contributed by atoms with Gasteiger partial charge in [0.25, 0.3) is 0 Å². The summed E-state index contributed by atoms with van der Waals surface area (Å²) in [5, 5.41) is 8.42. The lowest BCUT2D eigenvalue weighted by Gasteiger charge is -2.04. The number of hydrogen-bond acceptors (Lipinski definition) is 2. The number of hydrogen-bond donors (Lipinski definition) is 0. The van der Waals surface area contributed by atoms with E-state index in [1.54, 1.807) is 0 Å². The van der Waals surface area contributed by atoms with Gasteiger partial charge in [0.15, 0.2) is 0 Å². The minimum absolute atomic E-state index is 0.257. The summed E-state index contributed by atoms with van der Waals surface area (Å²) >= 11 is 0. The Bertz CT molecular complexity index is 286. The van der Waals surface area contributed by atoms with Crippen LogP contribution >= 0.6 is 0 Å². The highest BCUT2D eigenvalue weighted by atomic mass is 16.1. The second kappa shape index (κ2) is 4.30. The van der Waals surface area contributed by atoms with E-state index in [1.165, 1.54) is 0 Å². The number of benzene rings is 1. The van der Waals surface area contributed by atoms with Gasteiger partial charge in [-0.15, -0.1) is 0 Å². The van der Waals surface area contributed by atoms with Crippen molar-refractivity contribution >= 4 is 6.29 Å². The fourth-order valence-corrected chi connectivity index (χ4v) is 1.04. The van der Waals surface area contributed by atoms with Crippen molar-refractivity contribution in [2.45, 2.75) is 12.3 Å². The molecule has 0 aliphatic heterocycles. The van der Waals surface area contributed by atoms with Gasteiger partial charge in [-0.2, -0.15) is 5.26 Å². The van der Waals surface area contributed by atoms with Crippen LogP contribution in [0.2, 0.25) is 0 Å². The van der Waals surface area contributed by atoms with Crippen LogP contribution in [0, 0.1) is 11.3 Å². The van der Waals surface area contributed by atoms with Gasteiger partial charge in [0, 0.05) is 6.42 Å². The summed E-state index contributed by atoms with van der Waals surface area (Å²) in [7, 11) is 0. The fraction of sp³-hybridized carbons (Fsp3) is 0.200. The lowest BCUT2D eigenvalue weighted by Crippen LogP contribution is -1.97. The first-order valence-electron chi connectivity index (χ1n) is 3.75. The van der Waals surface area contributed by atoms with Crippen LogP contribution < -0.4 is 0 Å². The molecule has 0 radical (unpaired) electrons. The highest BCUT2D eigenvalue weighted by Gasteiger charge is 2.07. The molecule has 0 amide bonds. The largest absolute Gasteiger partial charge is 0.303 e. The third-order valence-corrected chi connectivity index (χ3v) is 1.70. The molecule has 1 aromatic carbocycles. The highest BCUT2D eigenvalue weighted by molar-refractivity contribution is 5.62. The first-order valence-corrected chi connectivity index (χ1v) is 3.75. The summed E-state index contributed by atoms with van der Waals surface area (Å²) in [4.78, 5) is 10.5. The maximum absolute atomic E-state index is 10.5. The zero-order valence-corrected chi connectivity index (χ0v) is 6.60. The Morgan fingerprint density at radius 1 is 1.42 bits per heavy atom. The van der Waals surface area contributed by atoms with Crippen molar-refractivity contribution in [2.24, 2.45) is 0 Å². The number of carbonyl (C=O) groups excluding carboxylic acids is 1. The summed E-state index contributed by atoms with van der Waals surface area (Å²) in [5.41, 5.74) is 0.911. The third-order valence-electron chi connectivity index (χ3n) is 1.70. The first-order chi connectivity index (χ1) is 5.88. The van der Waals surface area contributed by atoms with E-state index < -0.39 is 0 Å². The molecule has 2 heteroatoms. The first kappa shape index (κ1) is 8.48. The van der Waals surface area contributed by atoms with Crippen LogP contribution in [0.4, 0.5) is 0 Å². The summed E-state index contributed by atoms with van der Waals surface area (Å²) < 4.78 is 0. The normalized spacial score (nSPS) is 11.6. The molecule has 0 heterocycles. The van der Waals surface area contributed by atoms with Crippen LogP contribution in [-0.2, 0) is 4.79 Å². The van der Waals surface area contributed by atoms with Gasteiger partial charge < -0.3 is 4.79 Å². The highest BCUT2D eigenvalue weighted by Crippen LogP contribution is 2.15. The second-order valence-corrected chi connectivity index (χ2v) is 2.52. The Labute approximate surface area is 71.4 Å². The van der Waals surface area contributed by atoms with Crippen LogP contribution in [0.15, 0.2) is 30.3 Å². The van der Waals surface area contributed by atoms with E-state index in [0.717, 1.165) is 11.8 Å². The van der Waals surface area contributed by atoms with Crippen LogP contribution in [-0.4, -0.2) is 6.29 Å². The van der Waals surface area contributed by atoms with Crippen molar-refractivity contribution < 1.29 is 4.79 Å². The van der Waals surface area contributed by atoms with Gasteiger partial charge >= 0.3 is 0 Å². The van der Waals surface area contributed by atoms with E-state index in [-0.39, 0.29) is 12.3 Å². The quantitative estimate of drug-likeness (QED) is 0.632. The maximum Gasteiger partial charge on any atom is 0.128 e. The lowest BCUT2D eigenvalue weighted by molar-refractivity contribution is -0.109. The second-order valence-electron chi connectivity index (χ2n) is 2.52. The average molecular weight is 159 g/mol. The van der Waals surface area contributed by atoms with E-state index in [1.807, 2.05) is 36.4 Å². The summed E-state index contributed by atoms with van der Waals surface area (Å²) in [6.45, 7) is 0. The summed E-state index contributed by atoms with van der Waals surface area (Å²) in [6, 6.07) is 11.3. The molecule has 0 aromatic heterocycles. The number of carbonyl (C=O) groups is 1. The topological polar surface area (TPSA) is 40.9 Å². The smallest absolute Gasteiger partial charge is 0.128 e. The Morgan fingerprint density at radius 3 is 2.58 bits per heavy atom. The Hall–Kier alpha value is -1.62. The van der Waals surface area contributed by atoms with Crippen molar-refractivity contribution in [3.8, 4) is 6.07 Å². The number of nitriles is 1. The van der Waals surface area contributed by atoms with E-state index in [4.69, 9.17) is 5.26 Å². The lowest BCUT2D eigenvalue weighted by atomic mass is 9.98. The minimum Gasteiger partial charge on any atom is -0.303 e. The predicted octanol–water partition coefficient (Wildman–Crippen LogP) is 1.88. The molecule has 2 nitrogen and oxygen atoms in total. The molecular formula is C10H9NO. The van der Waals surface area contributed by atoms with Crippen molar-refractivity contribution in [2.75, 3.05) is 0 Å². The molecule has 0 spiro atoms. The average Bonchev–Trinajstić information content (AvgIpc) is 2.15. The maximum atomic E-state index is 10.5. The molecule has 1 unspecified atom stereocenters.